The van der Waals surface area contributed by atoms with Crippen LogP contribution in [0.3, 0.4) is 0 Å². The van der Waals surface area contributed by atoms with Gasteiger partial charge in [-0.3, -0.25) is 9.59 Å². The number of hydrogen-bond donors (Lipinski definition) is 2. The van der Waals surface area contributed by atoms with E-state index >= 15 is 0 Å². The average Bonchev–Trinajstić information content (AvgIpc) is 2.50. The molecule has 0 unspecified atom stereocenters. The summed E-state index contributed by atoms with van der Waals surface area (Å²) < 4.78 is 18.8. The van der Waals surface area contributed by atoms with Crippen molar-refractivity contribution in [1.29, 1.82) is 0 Å². The van der Waals surface area contributed by atoms with Gasteiger partial charge in [-0.1, -0.05) is 12.1 Å². The molecule has 1 heterocycles. The molecule has 1 aliphatic heterocycles. The second kappa shape index (κ2) is 7.33. The smallest absolute Gasteiger partial charge is 0.251 e. The lowest BCUT2D eigenvalue weighted by Crippen LogP contribution is -2.53. The van der Waals surface area contributed by atoms with Crippen LogP contribution in [0.4, 0.5) is 4.39 Å². The van der Waals surface area contributed by atoms with Crippen LogP contribution in [0.15, 0.2) is 24.3 Å². The first-order chi connectivity index (χ1) is 10.5. The summed E-state index contributed by atoms with van der Waals surface area (Å²) in [7, 11) is 1.56. The molecule has 6 nitrogen and oxygen atoms in total. The van der Waals surface area contributed by atoms with Gasteiger partial charge in [-0.05, 0) is 24.1 Å². The Balaban J connectivity index is 2.22. The van der Waals surface area contributed by atoms with Gasteiger partial charge < -0.3 is 20.1 Å². The molecule has 120 valence electrons. The molecule has 2 N–H and O–H groups in total. The van der Waals surface area contributed by atoms with Gasteiger partial charge in [0.2, 0.25) is 5.91 Å². The van der Waals surface area contributed by atoms with E-state index in [1.54, 1.807) is 13.1 Å². The minimum Gasteiger partial charge on any atom is -0.396 e. The number of nitrogens with one attached hydrogen (secondary N) is 1. The highest BCUT2D eigenvalue weighted by molar-refractivity contribution is 5.86. The molecule has 22 heavy (non-hydrogen) atoms. The zero-order chi connectivity index (χ0) is 16.1. The van der Waals surface area contributed by atoms with E-state index in [0.717, 1.165) is 0 Å². The molecule has 1 aliphatic rings. The SMILES string of the molecule is CN1C(=O)CO[C@@H](C(=O)NCCCO)[C@@H]1c1cccc(F)c1. The third-order valence-corrected chi connectivity index (χ3v) is 3.57. The molecule has 1 aromatic rings. The molecule has 1 saturated heterocycles. The number of aliphatic hydroxyl groups excluding tert-OH is 1. The Bertz CT molecular complexity index is 552. The minimum atomic E-state index is -0.914. The first kappa shape index (κ1) is 16.4. The maximum atomic E-state index is 13.5. The van der Waals surface area contributed by atoms with Gasteiger partial charge >= 0.3 is 0 Å². The second-order valence-corrected chi connectivity index (χ2v) is 5.10. The number of nitrogens with zero attached hydrogens (tertiary/aromatic N) is 1. The summed E-state index contributed by atoms with van der Waals surface area (Å²) >= 11 is 0. The molecule has 0 aliphatic carbocycles. The van der Waals surface area contributed by atoms with Gasteiger partial charge in [0.1, 0.15) is 12.4 Å². The van der Waals surface area contributed by atoms with E-state index < -0.39 is 18.0 Å². The first-order valence-electron chi connectivity index (χ1n) is 7.06. The lowest BCUT2D eigenvalue weighted by molar-refractivity contribution is -0.162. The number of ether oxygens (including phenoxy) is 1. The predicted octanol–water partition coefficient (Wildman–Crippen LogP) is 0.223. The summed E-state index contributed by atoms with van der Waals surface area (Å²) in [6, 6.07) is 5.08. The van der Waals surface area contributed by atoms with Crippen LogP contribution in [0.2, 0.25) is 0 Å². The average molecular weight is 310 g/mol. The van der Waals surface area contributed by atoms with E-state index in [9.17, 15) is 14.0 Å². The van der Waals surface area contributed by atoms with Crippen molar-refractivity contribution in [2.45, 2.75) is 18.6 Å². The molecule has 7 heteroatoms. The van der Waals surface area contributed by atoms with Crippen LogP contribution in [0, 0.1) is 5.82 Å². The Morgan fingerprint density at radius 1 is 1.55 bits per heavy atom. The fourth-order valence-electron chi connectivity index (χ4n) is 2.41. The summed E-state index contributed by atoms with van der Waals surface area (Å²) in [6.07, 6.45) is -0.485. The molecule has 2 amide bonds. The minimum absolute atomic E-state index is 0.0302. The van der Waals surface area contributed by atoms with E-state index in [0.29, 0.717) is 18.5 Å². The van der Waals surface area contributed by atoms with Crippen LogP contribution in [-0.4, -0.2) is 54.7 Å². The summed E-state index contributed by atoms with van der Waals surface area (Å²) in [6.45, 7) is 0.0840. The molecular weight excluding hydrogens is 291 g/mol. The number of morpholine rings is 1. The van der Waals surface area contributed by atoms with E-state index in [4.69, 9.17) is 9.84 Å². The van der Waals surface area contributed by atoms with Gasteiger partial charge in [0.15, 0.2) is 6.10 Å². The van der Waals surface area contributed by atoms with Crippen molar-refractivity contribution >= 4 is 11.8 Å². The van der Waals surface area contributed by atoms with Crippen molar-refractivity contribution in [2.24, 2.45) is 0 Å². The molecule has 2 rings (SSSR count). The fourth-order valence-corrected chi connectivity index (χ4v) is 2.41. The van der Waals surface area contributed by atoms with Crippen LogP contribution in [0.1, 0.15) is 18.0 Å². The summed E-state index contributed by atoms with van der Waals surface area (Å²) in [4.78, 5) is 25.5. The van der Waals surface area contributed by atoms with Crippen LogP contribution in [0.5, 0.6) is 0 Å². The van der Waals surface area contributed by atoms with E-state index in [2.05, 4.69) is 5.32 Å². The second-order valence-electron chi connectivity index (χ2n) is 5.10. The number of likely N-dealkylation sites (N-methyl/N-ethyl adjacent to an activating group) is 1. The lowest BCUT2D eigenvalue weighted by atomic mass is 9.97. The molecule has 1 aromatic carbocycles. The van der Waals surface area contributed by atoms with Gasteiger partial charge in [0, 0.05) is 20.2 Å². The number of amides is 2. The predicted molar refractivity (Wildman–Crippen MR) is 76.4 cm³/mol. The normalized spacial score (nSPS) is 21.8. The third-order valence-electron chi connectivity index (χ3n) is 3.57. The summed E-state index contributed by atoms with van der Waals surface area (Å²) in [5, 5.41) is 11.4. The van der Waals surface area contributed by atoms with Crippen LogP contribution in [0.25, 0.3) is 0 Å². The quantitative estimate of drug-likeness (QED) is 0.763. The first-order valence-corrected chi connectivity index (χ1v) is 7.06. The molecular formula is C15H19FN2O4. The van der Waals surface area contributed by atoms with Gasteiger partial charge in [-0.2, -0.15) is 0 Å². The molecule has 0 saturated carbocycles. The van der Waals surface area contributed by atoms with E-state index in [1.165, 1.54) is 23.1 Å². The lowest BCUT2D eigenvalue weighted by Gasteiger charge is -2.38. The number of rotatable bonds is 5. The Labute approximate surface area is 127 Å². The highest BCUT2D eigenvalue weighted by Gasteiger charge is 2.39. The van der Waals surface area contributed by atoms with Crippen molar-refractivity contribution < 1.29 is 23.8 Å². The Hall–Kier alpha value is -1.99. The fraction of sp³-hybridized carbons (Fsp3) is 0.467. The standard InChI is InChI=1S/C15H19FN2O4/c1-18-12(20)9-22-14(15(21)17-6-3-7-19)13(18)10-4-2-5-11(16)8-10/h2,4-5,8,13-14,19H,3,6-7,9H2,1H3,(H,17,21)/t13-,14+/m0/s1. The van der Waals surface area contributed by atoms with Gasteiger partial charge in [0.25, 0.3) is 5.91 Å². The molecule has 0 aromatic heterocycles. The maximum Gasteiger partial charge on any atom is 0.251 e. The molecule has 2 atom stereocenters. The highest BCUT2D eigenvalue weighted by Crippen LogP contribution is 2.29. The third kappa shape index (κ3) is 3.61. The molecule has 0 radical (unpaired) electrons. The monoisotopic (exact) mass is 310 g/mol. The van der Waals surface area contributed by atoms with Gasteiger partial charge in [0.05, 0.1) is 6.04 Å². The molecule has 0 spiro atoms. The van der Waals surface area contributed by atoms with Crippen molar-refractivity contribution in [2.75, 3.05) is 26.8 Å². The van der Waals surface area contributed by atoms with Crippen LogP contribution in [-0.2, 0) is 14.3 Å². The number of halogens is 1. The number of carbonyl (C=O) groups is 2. The highest BCUT2D eigenvalue weighted by atomic mass is 19.1. The van der Waals surface area contributed by atoms with E-state index in [1.807, 2.05) is 0 Å². The van der Waals surface area contributed by atoms with Crippen LogP contribution >= 0.6 is 0 Å². The van der Waals surface area contributed by atoms with Crippen molar-refractivity contribution in [1.82, 2.24) is 10.2 Å². The zero-order valence-electron chi connectivity index (χ0n) is 12.3. The number of benzene rings is 1. The molecule has 0 bridgehead atoms. The van der Waals surface area contributed by atoms with Crippen LogP contribution < -0.4 is 5.32 Å². The number of hydrogen-bond acceptors (Lipinski definition) is 4. The van der Waals surface area contributed by atoms with E-state index in [-0.39, 0.29) is 25.0 Å². The Morgan fingerprint density at radius 2 is 2.32 bits per heavy atom. The zero-order valence-corrected chi connectivity index (χ0v) is 12.3. The topological polar surface area (TPSA) is 78.9 Å². The van der Waals surface area contributed by atoms with Gasteiger partial charge in [-0.25, -0.2) is 4.39 Å². The Kier molecular flexibility index (Phi) is 5.46. The summed E-state index contributed by atoms with van der Waals surface area (Å²) in [5.74, 6) is -1.10. The number of carbonyl (C=O) groups excluding carboxylic acids is 2. The number of aliphatic hydroxyl groups is 1. The maximum absolute atomic E-state index is 13.5. The van der Waals surface area contributed by atoms with Crippen molar-refractivity contribution in [3.05, 3.63) is 35.6 Å². The molecule has 1 fully saturated rings. The largest absolute Gasteiger partial charge is 0.396 e. The van der Waals surface area contributed by atoms with Gasteiger partial charge in [-0.15, -0.1) is 0 Å². The van der Waals surface area contributed by atoms with Crippen molar-refractivity contribution in [3.63, 3.8) is 0 Å². The van der Waals surface area contributed by atoms with Crippen molar-refractivity contribution in [3.8, 4) is 0 Å². The Morgan fingerprint density at radius 3 is 3.00 bits per heavy atom. The summed E-state index contributed by atoms with van der Waals surface area (Å²) in [5.41, 5.74) is 0.498.